The first-order valence-electron chi connectivity index (χ1n) is 9.83. The van der Waals surface area contributed by atoms with Crippen molar-refractivity contribution in [1.29, 1.82) is 0 Å². The second kappa shape index (κ2) is 10.7. The van der Waals surface area contributed by atoms with Crippen molar-refractivity contribution >= 4 is 33.2 Å². The maximum absolute atomic E-state index is 13.9. The van der Waals surface area contributed by atoms with Crippen molar-refractivity contribution in [2.45, 2.75) is 11.3 Å². The van der Waals surface area contributed by atoms with Gasteiger partial charge in [-0.25, -0.2) is 17.2 Å². The van der Waals surface area contributed by atoms with Gasteiger partial charge in [-0.3, -0.25) is 4.79 Å². The summed E-state index contributed by atoms with van der Waals surface area (Å²) in [5.41, 5.74) is 0.616. The third-order valence-corrected chi connectivity index (χ3v) is 6.92. The van der Waals surface area contributed by atoms with Gasteiger partial charge >= 0.3 is 0 Å². The molecule has 0 aliphatic heterocycles. The number of anilines is 1. The van der Waals surface area contributed by atoms with Crippen molar-refractivity contribution in [3.8, 4) is 5.75 Å². The molecule has 0 aromatic heterocycles. The fourth-order valence-corrected chi connectivity index (χ4v) is 4.83. The minimum absolute atomic E-state index is 0.0185. The van der Waals surface area contributed by atoms with Crippen molar-refractivity contribution in [3.05, 3.63) is 89.0 Å². The second-order valence-corrected chi connectivity index (χ2v) is 9.39. The average Bonchev–Trinajstić information content (AvgIpc) is 2.79. The molecule has 0 aliphatic carbocycles. The number of ether oxygens (including phenoxy) is 1. The minimum Gasteiger partial charge on any atom is -0.495 e. The normalized spacial score (nSPS) is 11.4. The first-order chi connectivity index (χ1) is 15.7. The summed E-state index contributed by atoms with van der Waals surface area (Å²) in [6, 6.07) is 15.8. The molecule has 0 aliphatic rings. The number of amides is 1. The molecule has 0 fully saturated rings. The van der Waals surface area contributed by atoms with E-state index >= 15 is 0 Å². The summed E-state index contributed by atoms with van der Waals surface area (Å²) >= 11 is 6.10. The molecule has 6 nitrogen and oxygen atoms in total. The van der Waals surface area contributed by atoms with E-state index in [2.05, 4.69) is 5.32 Å². The van der Waals surface area contributed by atoms with E-state index in [9.17, 15) is 22.0 Å². The van der Waals surface area contributed by atoms with Crippen LogP contribution in [0.2, 0.25) is 5.02 Å². The van der Waals surface area contributed by atoms with E-state index in [4.69, 9.17) is 16.3 Å². The highest BCUT2D eigenvalue weighted by molar-refractivity contribution is 7.89. The number of rotatable bonds is 9. The van der Waals surface area contributed by atoms with Crippen LogP contribution in [0.4, 0.5) is 14.5 Å². The van der Waals surface area contributed by atoms with Crippen molar-refractivity contribution in [2.75, 3.05) is 25.5 Å². The molecule has 1 amide bonds. The lowest BCUT2D eigenvalue weighted by Crippen LogP contribution is -2.39. The molecule has 0 saturated carbocycles. The van der Waals surface area contributed by atoms with E-state index in [1.54, 1.807) is 0 Å². The Bertz CT molecular complexity index is 1240. The summed E-state index contributed by atoms with van der Waals surface area (Å²) in [6.07, 6.45) is 0.335. The SMILES string of the molecule is COc1ccc(S(=O)(=O)N(CCc2ccccc2)CC(=O)Nc2ccc(F)cc2F)cc1Cl. The van der Waals surface area contributed by atoms with Crippen LogP contribution in [0.15, 0.2) is 71.6 Å². The Morgan fingerprint density at radius 3 is 2.42 bits per heavy atom. The molecular weight excluding hydrogens is 474 g/mol. The first kappa shape index (κ1) is 24.6. The lowest BCUT2D eigenvalue weighted by atomic mass is 10.1. The molecule has 0 radical (unpaired) electrons. The van der Waals surface area contributed by atoms with Gasteiger partial charge in [-0.2, -0.15) is 4.31 Å². The Kier molecular flexibility index (Phi) is 8.01. The van der Waals surface area contributed by atoms with E-state index in [0.717, 1.165) is 22.0 Å². The first-order valence-corrected chi connectivity index (χ1v) is 11.6. The number of hydrogen-bond donors (Lipinski definition) is 1. The number of benzene rings is 3. The predicted molar refractivity (Wildman–Crippen MR) is 122 cm³/mol. The molecule has 0 atom stereocenters. The average molecular weight is 495 g/mol. The van der Waals surface area contributed by atoms with E-state index in [1.165, 1.54) is 25.3 Å². The topological polar surface area (TPSA) is 75.7 Å². The highest BCUT2D eigenvalue weighted by Crippen LogP contribution is 2.28. The number of carbonyl (C=O) groups is 1. The van der Waals surface area contributed by atoms with Crippen molar-refractivity contribution in [3.63, 3.8) is 0 Å². The number of nitrogens with zero attached hydrogens (tertiary/aromatic N) is 1. The molecule has 3 aromatic carbocycles. The van der Waals surface area contributed by atoms with Gasteiger partial charge in [0.2, 0.25) is 15.9 Å². The van der Waals surface area contributed by atoms with Crippen LogP contribution in [0, 0.1) is 11.6 Å². The highest BCUT2D eigenvalue weighted by atomic mass is 35.5. The smallest absolute Gasteiger partial charge is 0.243 e. The van der Waals surface area contributed by atoms with Crippen LogP contribution >= 0.6 is 11.6 Å². The molecule has 174 valence electrons. The van der Waals surface area contributed by atoms with Crippen molar-refractivity contribution < 1.29 is 26.7 Å². The van der Waals surface area contributed by atoms with Gasteiger partial charge in [0, 0.05) is 12.6 Å². The van der Waals surface area contributed by atoms with Crippen LogP contribution < -0.4 is 10.1 Å². The molecule has 0 saturated heterocycles. The van der Waals surface area contributed by atoms with Gasteiger partial charge in [0.1, 0.15) is 17.4 Å². The summed E-state index contributed by atoms with van der Waals surface area (Å²) in [4.78, 5) is 12.5. The lowest BCUT2D eigenvalue weighted by molar-refractivity contribution is -0.116. The third kappa shape index (κ3) is 6.28. The van der Waals surface area contributed by atoms with Crippen LogP contribution in [-0.4, -0.2) is 38.8 Å². The summed E-state index contributed by atoms with van der Waals surface area (Å²) in [7, 11) is -2.74. The lowest BCUT2D eigenvalue weighted by Gasteiger charge is -2.22. The Morgan fingerprint density at radius 1 is 1.06 bits per heavy atom. The summed E-state index contributed by atoms with van der Waals surface area (Å²) < 4.78 is 59.7. The summed E-state index contributed by atoms with van der Waals surface area (Å²) in [6.45, 7) is -0.606. The van der Waals surface area contributed by atoms with Crippen LogP contribution in [0.3, 0.4) is 0 Å². The highest BCUT2D eigenvalue weighted by Gasteiger charge is 2.27. The molecule has 1 N–H and O–H groups in total. The third-order valence-electron chi connectivity index (χ3n) is 4.78. The molecule has 10 heteroatoms. The van der Waals surface area contributed by atoms with Gasteiger partial charge in [0.05, 0.1) is 29.3 Å². The maximum Gasteiger partial charge on any atom is 0.243 e. The molecule has 0 bridgehead atoms. The number of hydrogen-bond acceptors (Lipinski definition) is 4. The molecule has 0 unspecified atom stereocenters. The van der Waals surface area contributed by atoms with Gasteiger partial charge in [0.15, 0.2) is 0 Å². The minimum atomic E-state index is -4.14. The molecule has 3 rings (SSSR count). The van der Waals surface area contributed by atoms with E-state index in [1.807, 2.05) is 30.3 Å². The molecular formula is C23H21ClF2N2O4S. The van der Waals surface area contributed by atoms with Crippen molar-refractivity contribution in [2.24, 2.45) is 0 Å². The van der Waals surface area contributed by atoms with Crippen LogP contribution in [0.1, 0.15) is 5.56 Å². The fourth-order valence-electron chi connectivity index (χ4n) is 3.08. The second-order valence-electron chi connectivity index (χ2n) is 7.04. The zero-order valence-corrected chi connectivity index (χ0v) is 19.2. The Hall–Kier alpha value is -3.01. The van der Waals surface area contributed by atoms with E-state index in [0.29, 0.717) is 18.2 Å². The number of methoxy groups -OCH3 is 1. The molecule has 0 heterocycles. The van der Waals surface area contributed by atoms with Gasteiger partial charge in [-0.1, -0.05) is 41.9 Å². The number of sulfonamides is 1. The summed E-state index contributed by atoms with van der Waals surface area (Å²) in [5.74, 6) is -2.24. The van der Waals surface area contributed by atoms with E-state index in [-0.39, 0.29) is 22.2 Å². The molecule has 3 aromatic rings. The number of carbonyl (C=O) groups excluding carboxylic acids is 1. The predicted octanol–water partition coefficient (Wildman–Crippen LogP) is 4.50. The zero-order chi connectivity index (χ0) is 24.0. The van der Waals surface area contributed by atoms with Crippen LogP contribution in [0.5, 0.6) is 5.75 Å². The largest absolute Gasteiger partial charge is 0.495 e. The van der Waals surface area contributed by atoms with Gasteiger partial charge in [-0.05, 0) is 42.3 Å². The van der Waals surface area contributed by atoms with Gasteiger partial charge in [-0.15, -0.1) is 0 Å². The van der Waals surface area contributed by atoms with Crippen molar-refractivity contribution in [1.82, 2.24) is 4.31 Å². The van der Waals surface area contributed by atoms with E-state index < -0.39 is 34.1 Å². The number of halogens is 3. The standard InChI is InChI=1S/C23H21ClF2N2O4S/c1-32-22-10-8-18(14-19(22)24)33(30,31)28(12-11-16-5-3-2-4-6-16)15-23(29)27-21-9-7-17(25)13-20(21)26/h2-10,13-14H,11-12,15H2,1H3,(H,27,29). The molecule has 0 spiro atoms. The Balaban J connectivity index is 1.86. The van der Waals surface area contributed by atoms with Crippen LogP contribution in [-0.2, 0) is 21.2 Å². The van der Waals surface area contributed by atoms with Crippen LogP contribution in [0.25, 0.3) is 0 Å². The number of nitrogens with one attached hydrogen (secondary N) is 1. The Morgan fingerprint density at radius 2 is 1.79 bits per heavy atom. The summed E-state index contributed by atoms with van der Waals surface area (Å²) in [5, 5.41) is 2.38. The zero-order valence-electron chi connectivity index (χ0n) is 17.6. The monoisotopic (exact) mass is 494 g/mol. The van der Waals surface area contributed by atoms with Gasteiger partial charge in [0.25, 0.3) is 0 Å². The Labute approximate surface area is 195 Å². The molecule has 33 heavy (non-hydrogen) atoms. The maximum atomic E-state index is 13.9. The van der Waals surface area contributed by atoms with Gasteiger partial charge < -0.3 is 10.1 Å². The quantitative estimate of drug-likeness (QED) is 0.475. The fraction of sp³-hybridized carbons (Fsp3) is 0.174.